The molecule has 1 rings (SSSR count). The Morgan fingerprint density at radius 2 is 1.73 bits per heavy atom. The lowest BCUT2D eigenvalue weighted by Crippen LogP contribution is -2.02. The van der Waals surface area contributed by atoms with Crippen molar-refractivity contribution in [1.29, 1.82) is 0 Å². The van der Waals surface area contributed by atoms with Crippen molar-refractivity contribution in [1.82, 2.24) is 0 Å². The molecule has 3 heteroatoms. The molecule has 0 radical (unpaired) electrons. The van der Waals surface area contributed by atoms with Gasteiger partial charge >= 0.3 is 0 Å². The molecule has 0 aromatic heterocycles. The third kappa shape index (κ3) is 2.34. The normalized spacial score (nSPS) is 10.5. The van der Waals surface area contributed by atoms with Gasteiger partial charge in [0.15, 0.2) is 0 Å². The van der Waals surface area contributed by atoms with Gasteiger partial charge in [-0.25, -0.2) is 0 Å². The van der Waals surface area contributed by atoms with Crippen molar-refractivity contribution in [2.45, 2.75) is 27.2 Å². The van der Waals surface area contributed by atoms with Gasteiger partial charge in [-0.05, 0) is 55.2 Å². The molecule has 1 aromatic rings. The second kappa shape index (κ2) is 5.26. The summed E-state index contributed by atoms with van der Waals surface area (Å²) in [5, 5.41) is 0. The summed E-state index contributed by atoms with van der Waals surface area (Å²) >= 11 is 7.92. The van der Waals surface area contributed by atoms with Gasteiger partial charge in [0.05, 0.1) is 7.11 Å². The number of thiol groups is 1. The Labute approximate surface area is 106 Å². The van der Waals surface area contributed by atoms with E-state index in [-0.39, 0.29) is 0 Å². The molecule has 0 aliphatic rings. The van der Waals surface area contributed by atoms with Crippen LogP contribution in [-0.2, 0) is 6.42 Å². The highest BCUT2D eigenvalue weighted by Gasteiger charge is 2.15. The van der Waals surface area contributed by atoms with Gasteiger partial charge in [-0.2, -0.15) is 12.6 Å². The molecule has 15 heavy (non-hydrogen) atoms. The lowest BCUT2D eigenvalue weighted by molar-refractivity contribution is 0.406. The van der Waals surface area contributed by atoms with Crippen LogP contribution in [0.3, 0.4) is 0 Å². The van der Waals surface area contributed by atoms with Crippen LogP contribution in [0, 0.1) is 20.8 Å². The zero-order valence-electron chi connectivity index (χ0n) is 9.65. The number of hydrogen-bond donors (Lipinski definition) is 1. The first-order chi connectivity index (χ1) is 7.04. The maximum atomic E-state index is 5.49. The van der Waals surface area contributed by atoms with Crippen molar-refractivity contribution in [2.24, 2.45) is 0 Å². The van der Waals surface area contributed by atoms with Crippen molar-refractivity contribution in [3.63, 3.8) is 0 Å². The van der Waals surface area contributed by atoms with Crippen LogP contribution in [0.4, 0.5) is 0 Å². The van der Waals surface area contributed by atoms with Crippen molar-refractivity contribution < 1.29 is 4.74 Å². The standard InChI is InChI=1S/C12H17BrOS/c1-7-8(2)12(14-4)10(5-6-15)9(3)11(7)13/h15H,5-6H2,1-4H3. The summed E-state index contributed by atoms with van der Waals surface area (Å²) < 4.78 is 6.68. The summed E-state index contributed by atoms with van der Waals surface area (Å²) in [5.41, 5.74) is 5.01. The van der Waals surface area contributed by atoms with Gasteiger partial charge in [-0.3, -0.25) is 0 Å². The second-order valence-electron chi connectivity index (χ2n) is 3.67. The first-order valence-electron chi connectivity index (χ1n) is 4.97. The molecular formula is C12H17BrOS. The van der Waals surface area contributed by atoms with E-state index in [0.29, 0.717) is 0 Å². The minimum atomic E-state index is 0.839. The Hall–Kier alpha value is -0.150. The third-order valence-electron chi connectivity index (χ3n) is 2.85. The van der Waals surface area contributed by atoms with Crippen molar-refractivity contribution >= 4 is 28.6 Å². The van der Waals surface area contributed by atoms with E-state index in [9.17, 15) is 0 Å². The van der Waals surface area contributed by atoms with Crippen molar-refractivity contribution in [3.8, 4) is 5.75 Å². The highest BCUT2D eigenvalue weighted by atomic mass is 79.9. The molecule has 0 heterocycles. The topological polar surface area (TPSA) is 9.23 Å². The van der Waals surface area contributed by atoms with Gasteiger partial charge in [-0.1, -0.05) is 15.9 Å². The summed E-state index contributed by atoms with van der Waals surface area (Å²) in [6, 6.07) is 0. The number of halogens is 1. The summed E-state index contributed by atoms with van der Waals surface area (Å²) in [5.74, 6) is 1.86. The number of rotatable bonds is 3. The zero-order chi connectivity index (χ0) is 11.6. The van der Waals surface area contributed by atoms with E-state index in [1.54, 1.807) is 7.11 Å². The number of hydrogen-bond acceptors (Lipinski definition) is 2. The molecule has 0 bridgehead atoms. The predicted molar refractivity (Wildman–Crippen MR) is 72.5 cm³/mol. The molecular weight excluding hydrogens is 272 g/mol. The fraction of sp³-hybridized carbons (Fsp3) is 0.500. The van der Waals surface area contributed by atoms with Crippen LogP contribution in [0.25, 0.3) is 0 Å². The first kappa shape index (κ1) is 12.9. The van der Waals surface area contributed by atoms with E-state index in [0.717, 1.165) is 17.9 Å². The largest absolute Gasteiger partial charge is 0.496 e. The van der Waals surface area contributed by atoms with Crippen LogP contribution in [0.15, 0.2) is 4.47 Å². The lowest BCUT2D eigenvalue weighted by Gasteiger charge is -2.18. The average molecular weight is 289 g/mol. The van der Waals surface area contributed by atoms with E-state index in [1.165, 1.54) is 26.7 Å². The first-order valence-corrected chi connectivity index (χ1v) is 6.40. The average Bonchev–Trinajstić information content (AvgIpc) is 2.24. The minimum Gasteiger partial charge on any atom is -0.496 e. The van der Waals surface area contributed by atoms with E-state index >= 15 is 0 Å². The van der Waals surface area contributed by atoms with Crippen LogP contribution in [-0.4, -0.2) is 12.9 Å². The third-order valence-corrected chi connectivity index (χ3v) is 4.27. The molecule has 0 saturated carbocycles. The maximum Gasteiger partial charge on any atom is 0.125 e. The van der Waals surface area contributed by atoms with Crippen LogP contribution >= 0.6 is 28.6 Å². The molecule has 1 aromatic carbocycles. The van der Waals surface area contributed by atoms with Crippen LogP contribution in [0.2, 0.25) is 0 Å². The van der Waals surface area contributed by atoms with Crippen molar-refractivity contribution in [2.75, 3.05) is 12.9 Å². The molecule has 0 unspecified atom stereocenters. The molecule has 0 saturated heterocycles. The molecule has 0 spiro atoms. The zero-order valence-corrected chi connectivity index (χ0v) is 12.1. The van der Waals surface area contributed by atoms with Crippen molar-refractivity contribution in [3.05, 3.63) is 26.7 Å². The highest BCUT2D eigenvalue weighted by molar-refractivity contribution is 9.10. The van der Waals surface area contributed by atoms with Gasteiger partial charge in [-0.15, -0.1) is 0 Å². The van der Waals surface area contributed by atoms with E-state index < -0.39 is 0 Å². The van der Waals surface area contributed by atoms with E-state index in [1.807, 2.05) is 0 Å². The van der Waals surface area contributed by atoms with Crippen LogP contribution in [0.1, 0.15) is 22.3 Å². The molecule has 0 atom stereocenters. The van der Waals surface area contributed by atoms with Crippen LogP contribution in [0.5, 0.6) is 5.75 Å². The molecule has 0 aliphatic carbocycles. The predicted octanol–water partition coefficient (Wildman–Crippen LogP) is 3.86. The van der Waals surface area contributed by atoms with E-state index in [4.69, 9.17) is 4.74 Å². The Morgan fingerprint density at radius 3 is 2.20 bits per heavy atom. The number of benzene rings is 1. The summed E-state index contributed by atoms with van der Waals surface area (Å²) in [4.78, 5) is 0. The molecule has 1 nitrogen and oxygen atoms in total. The quantitative estimate of drug-likeness (QED) is 0.831. The summed E-state index contributed by atoms with van der Waals surface area (Å²) in [6.07, 6.45) is 0.942. The van der Waals surface area contributed by atoms with Gasteiger partial charge in [0, 0.05) is 4.47 Å². The number of methoxy groups -OCH3 is 1. The monoisotopic (exact) mass is 288 g/mol. The Kier molecular flexibility index (Phi) is 4.53. The Balaban J connectivity index is 3.47. The fourth-order valence-electron chi connectivity index (χ4n) is 1.83. The second-order valence-corrected chi connectivity index (χ2v) is 4.91. The highest BCUT2D eigenvalue weighted by Crippen LogP contribution is 2.36. The fourth-order valence-corrected chi connectivity index (χ4v) is 2.59. The van der Waals surface area contributed by atoms with E-state index in [2.05, 4.69) is 49.3 Å². The van der Waals surface area contributed by atoms with Gasteiger partial charge in [0.1, 0.15) is 5.75 Å². The molecule has 0 aliphatic heterocycles. The van der Waals surface area contributed by atoms with Gasteiger partial charge in [0.2, 0.25) is 0 Å². The number of ether oxygens (including phenoxy) is 1. The summed E-state index contributed by atoms with van der Waals surface area (Å²) in [7, 11) is 1.73. The minimum absolute atomic E-state index is 0.839. The van der Waals surface area contributed by atoms with Gasteiger partial charge in [0.25, 0.3) is 0 Å². The lowest BCUT2D eigenvalue weighted by atomic mass is 9.97. The molecule has 84 valence electrons. The Bertz CT molecular complexity index is 375. The Morgan fingerprint density at radius 1 is 1.13 bits per heavy atom. The molecule has 0 fully saturated rings. The maximum absolute atomic E-state index is 5.49. The SMILES string of the molecule is COc1c(C)c(C)c(Br)c(C)c1CCS. The molecule has 0 N–H and O–H groups in total. The van der Waals surface area contributed by atoms with Gasteiger partial charge < -0.3 is 4.74 Å². The van der Waals surface area contributed by atoms with Crippen LogP contribution < -0.4 is 4.74 Å². The smallest absolute Gasteiger partial charge is 0.125 e. The molecule has 0 amide bonds. The summed E-state index contributed by atoms with van der Waals surface area (Å²) in [6.45, 7) is 6.33.